The van der Waals surface area contributed by atoms with Gasteiger partial charge < -0.3 is 5.32 Å². The highest BCUT2D eigenvalue weighted by atomic mass is 79.9. The van der Waals surface area contributed by atoms with E-state index in [1.54, 1.807) is 12.1 Å². The molecule has 136 valence electrons. The van der Waals surface area contributed by atoms with Gasteiger partial charge in [-0.2, -0.15) is 5.10 Å². The van der Waals surface area contributed by atoms with Crippen molar-refractivity contribution in [2.75, 3.05) is 5.32 Å². The molecule has 0 aromatic heterocycles. The summed E-state index contributed by atoms with van der Waals surface area (Å²) in [6.07, 6.45) is 1.86. The third-order valence-electron chi connectivity index (χ3n) is 3.70. The second-order valence-electron chi connectivity index (χ2n) is 5.92. The van der Waals surface area contributed by atoms with Crippen LogP contribution in [0, 0.1) is 0 Å². The Morgan fingerprint density at radius 2 is 1.58 bits per heavy atom. The SMILES string of the molecule is C/C(CCc1ccccc1)=N/NC(=O)CCC(=O)Nc1ccc(Br)cc1. The Morgan fingerprint density at radius 1 is 0.923 bits per heavy atom. The Kier molecular flexibility index (Phi) is 8.02. The summed E-state index contributed by atoms with van der Waals surface area (Å²) in [4.78, 5) is 23.7. The molecule has 0 spiro atoms. The smallest absolute Gasteiger partial charge is 0.240 e. The molecule has 0 bridgehead atoms. The fraction of sp³-hybridized carbons (Fsp3) is 0.250. The van der Waals surface area contributed by atoms with E-state index in [1.165, 1.54) is 5.56 Å². The first-order valence-electron chi connectivity index (χ1n) is 8.44. The Balaban J connectivity index is 1.67. The standard InChI is InChI=1S/C20H22BrN3O2/c1-15(7-8-16-5-3-2-4-6-16)23-24-20(26)14-13-19(25)22-18-11-9-17(21)10-12-18/h2-6,9-12H,7-8,13-14H2,1H3,(H,22,25)(H,24,26)/b23-15-. The van der Waals surface area contributed by atoms with Crippen LogP contribution in [0.25, 0.3) is 0 Å². The lowest BCUT2D eigenvalue weighted by atomic mass is 10.1. The van der Waals surface area contributed by atoms with Gasteiger partial charge in [-0.1, -0.05) is 46.3 Å². The molecule has 0 saturated heterocycles. The average Bonchev–Trinajstić information content (AvgIpc) is 2.65. The van der Waals surface area contributed by atoms with Crippen LogP contribution < -0.4 is 10.7 Å². The number of aryl methyl sites for hydroxylation is 1. The first-order chi connectivity index (χ1) is 12.5. The summed E-state index contributed by atoms with van der Waals surface area (Å²) in [5, 5.41) is 6.84. The molecule has 26 heavy (non-hydrogen) atoms. The Hall–Kier alpha value is -2.47. The van der Waals surface area contributed by atoms with Gasteiger partial charge >= 0.3 is 0 Å². The quantitative estimate of drug-likeness (QED) is 0.498. The number of hydrazone groups is 1. The number of halogens is 1. The number of amides is 2. The van der Waals surface area contributed by atoms with E-state index >= 15 is 0 Å². The van der Waals surface area contributed by atoms with Crippen LogP contribution >= 0.6 is 15.9 Å². The second-order valence-corrected chi connectivity index (χ2v) is 6.84. The predicted octanol–water partition coefficient (Wildman–Crippen LogP) is 4.29. The molecule has 2 aromatic carbocycles. The van der Waals surface area contributed by atoms with Crippen LogP contribution in [0.3, 0.4) is 0 Å². The van der Waals surface area contributed by atoms with Crippen LogP contribution in [0.2, 0.25) is 0 Å². The first kappa shape index (κ1) is 19.8. The number of nitrogens with one attached hydrogen (secondary N) is 2. The first-order valence-corrected chi connectivity index (χ1v) is 9.23. The molecule has 0 heterocycles. The second kappa shape index (κ2) is 10.5. The summed E-state index contributed by atoms with van der Waals surface area (Å²) in [6.45, 7) is 1.88. The summed E-state index contributed by atoms with van der Waals surface area (Å²) in [5.41, 5.74) is 5.29. The number of carbonyl (C=O) groups is 2. The van der Waals surface area contributed by atoms with Gasteiger partial charge in [0.05, 0.1) is 0 Å². The molecule has 6 heteroatoms. The lowest BCUT2D eigenvalue weighted by Crippen LogP contribution is -2.21. The normalized spacial score (nSPS) is 11.1. The zero-order valence-electron chi connectivity index (χ0n) is 14.7. The lowest BCUT2D eigenvalue weighted by molar-refractivity contribution is -0.124. The molecule has 0 aliphatic carbocycles. The highest BCUT2D eigenvalue weighted by Crippen LogP contribution is 2.14. The zero-order chi connectivity index (χ0) is 18.8. The van der Waals surface area contributed by atoms with Crippen molar-refractivity contribution in [3.8, 4) is 0 Å². The van der Waals surface area contributed by atoms with Crippen molar-refractivity contribution >= 4 is 39.1 Å². The topological polar surface area (TPSA) is 70.6 Å². The van der Waals surface area contributed by atoms with Gasteiger partial charge in [0.25, 0.3) is 0 Å². The molecule has 0 radical (unpaired) electrons. The number of hydrogen-bond acceptors (Lipinski definition) is 3. The fourth-order valence-electron chi connectivity index (χ4n) is 2.22. The van der Waals surface area contributed by atoms with Gasteiger partial charge in [-0.25, -0.2) is 5.43 Å². The van der Waals surface area contributed by atoms with Crippen molar-refractivity contribution < 1.29 is 9.59 Å². The van der Waals surface area contributed by atoms with Gasteiger partial charge in [-0.3, -0.25) is 9.59 Å². The number of rotatable bonds is 8. The van der Waals surface area contributed by atoms with Crippen molar-refractivity contribution in [3.05, 3.63) is 64.6 Å². The monoisotopic (exact) mass is 415 g/mol. The molecule has 2 aromatic rings. The van der Waals surface area contributed by atoms with Crippen molar-refractivity contribution in [2.45, 2.75) is 32.6 Å². The van der Waals surface area contributed by atoms with Crippen LogP contribution in [-0.2, 0) is 16.0 Å². The summed E-state index contributed by atoms with van der Waals surface area (Å²) in [6, 6.07) is 17.4. The zero-order valence-corrected chi connectivity index (χ0v) is 16.3. The van der Waals surface area contributed by atoms with Crippen LogP contribution in [0.5, 0.6) is 0 Å². The number of benzene rings is 2. The summed E-state index contributed by atoms with van der Waals surface area (Å²) in [7, 11) is 0. The van der Waals surface area contributed by atoms with E-state index in [0.717, 1.165) is 23.0 Å². The highest BCUT2D eigenvalue weighted by molar-refractivity contribution is 9.10. The Morgan fingerprint density at radius 3 is 2.27 bits per heavy atom. The van der Waals surface area contributed by atoms with Crippen LogP contribution in [0.1, 0.15) is 31.7 Å². The molecule has 0 saturated carbocycles. The predicted molar refractivity (Wildman–Crippen MR) is 108 cm³/mol. The summed E-state index contributed by atoms with van der Waals surface area (Å²) >= 11 is 3.34. The van der Waals surface area contributed by atoms with Crippen LogP contribution in [0.15, 0.2) is 64.2 Å². The van der Waals surface area contributed by atoms with Gasteiger partial charge in [0.1, 0.15) is 0 Å². The molecule has 0 aliphatic rings. The number of carbonyl (C=O) groups excluding carboxylic acids is 2. The van der Waals surface area contributed by atoms with Crippen molar-refractivity contribution in [3.63, 3.8) is 0 Å². The Bertz CT molecular complexity index is 758. The van der Waals surface area contributed by atoms with Gasteiger partial charge in [0.2, 0.25) is 11.8 Å². The van der Waals surface area contributed by atoms with E-state index < -0.39 is 0 Å². The van der Waals surface area contributed by atoms with Crippen LogP contribution in [-0.4, -0.2) is 17.5 Å². The third kappa shape index (κ3) is 7.61. The summed E-state index contributed by atoms with van der Waals surface area (Å²) < 4.78 is 0.940. The molecule has 2 N–H and O–H groups in total. The maximum absolute atomic E-state index is 11.9. The lowest BCUT2D eigenvalue weighted by Gasteiger charge is -2.05. The minimum absolute atomic E-state index is 0.0951. The third-order valence-corrected chi connectivity index (χ3v) is 4.23. The van der Waals surface area contributed by atoms with Crippen molar-refractivity contribution in [2.24, 2.45) is 5.10 Å². The minimum Gasteiger partial charge on any atom is -0.326 e. The molecule has 2 amide bonds. The summed E-state index contributed by atoms with van der Waals surface area (Å²) in [5.74, 6) is -0.470. The molecule has 0 unspecified atom stereocenters. The Labute approximate surface area is 162 Å². The van der Waals surface area contributed by atoms with Gasteiger partial charge in [-0.15, -0.1) is 0 Å². The van der Waals surface area contributed by atoms with Crippen molar-refractivity contribution in [1.82, 2.24) is 5.43 Å². The van der Waals surface area contributed by atoms with E-state index in [0.29, 0.717) is 5.69 Å². The van der Waals surface area contributed by atoms with Crippen molar-refractivity contribution in [1.29, 1.82) is 0 Å². The number of anilines is 1. The van der Waals surface area contributed by atoms with E-state index in [-0.39, 0.29) is 24.7 Å². The molecule has 2 rings (SSSR count). The van der Waals surface area contributed by atoms with Gasteiger partial charge in [-0.05, 0) is 49.6 Å². The highest BCUT2D eigenvalue weighted by Gasteiger charge is 2.07. The van der Waals surface area contributed by atoms with Gasteiger partial charge in [0, 0.05) is 28.7 Å². The number of nitrogens with zero attached hydrogens (tertiary/aromatic N) is 1. The maximum Gasteiger partial charge on any atom is 0.240 e. The minimum atomic E-state index is -0.269. The molecule has 0 aliphatic heterocycles. The average molecular weight is 416 g/mol. The van der Waals surface area contributed by atoms with E-state index in [4.69, 9.17) is 0 Å². The molecular formula is C20H22BrN3O2. The fourth-order valence-corrected chi connectivity index (χ4v) is 2.49. The van der Waals surface area contributed by atoms with Gasteiger partial charge in [0.15, 0.2) is 0 Å². The van der Waals surface area contributed by atoms with Crippen LogP contribution in [0.4, 0.5) is 5.69 Å². The largest absolute Gasteiger partial charge is 0.326 e. The molecule has 0 atom stereocenters. The van der Waals surface area contributed by atoms with E-state index in [1.807, 2.05) is 37.3 Å². The molecule has 0 fully saturated rings. The maximum atomic E-state index is 11.9. The number of hydrogen-bond donors (Lipinski definition) is 2. The van der Waals surface area contributed by atoms with E-state index in [2.05, 4.69) is 43.9 Å². The molecule has 5 nitrogen and oxygen atoms in total. The van der Waals surface area contributed by atoms with E-state index in [9.17, 15) is 9.59 Å². The molecular weight excluding hydrogens is 394 g/mol.